The van der Waals surface area contributed by atoms with Gasteiger partial charge in [-0.15, -0.1) is 0 Å². The summed E-state index contributed by atoms with van der Waals surface area (Å²) in [5.41, 5.74) is 5.03. The lowest BCUT2D eigenvalue weighted by Crippen LogP contribution is -2.25. The van der Waals surface area contributed by atoms with Crippen LogP contribution >= 0.6 is 0 Å². The van der Waals surface area contributed by atoms with Gasteiger partial charge in [-0.3, -0.25) is 0 Å². The van der Waals surface area contributed by atoms with Gasteiger partial charge in [0, 0.05) is 5.56 Å². The van der Waals surface area contributed by atoms with Gasteiger partial charge in [0.1, 0.15) is 0 Å². The number of hydrogen-bond donors (Lipinski definition) is 0. The van der Waals surface area contributed by atoms with Crippen molar-refractivity contribution in [1.29, 1.82) is 0 Å². The third-order valence-electron chi connectivity index (χ3n) is 5.28. The molecule has 26 heavy (non-hydrogen) atoms. The van der Waals surface area contributed by atoms with E-state index < -0.39 is 0 Å². The second-order valence-corrected chi connectivity index (χ2v) is 6.92. The van der Waals surface area contributed by atoms with E-state index in [1.807, 2.05) is 36.4 Å². The number of hydrogen-bond acceptors (Lipinski definition) is 2. The van der Waals surface area contributed by atoms with Crippen LogP contribution in [0.15, 0.2) is 66.7 Å². The van der Waals surface area contributed by atoms with E-state index in [4.69, 9.17) is 4.84 Å². The van der Waals surface area contributed by atoms with Crippen LogP contribution < -0.4 is 4.84 Å². The molecule has 1 aromatic heterocycles. The molecule has 132 valence electrons. The summed E-state index contributed by atoms with van der Waals surface area (Å²) in [4.78, 5) is 18.6. The van der Waals surface area contributed by atoms with Crippen molar-refractivity contribution in [2.24, 2.45) is 5.92 Å². The lowest BCUT2D eigenvalue weighted by molar-refractivity contribution is 0.0451. The Bertz CT molecular complexity index is 897. The van der Waals surface area contributed by atoms with Gasteiger partial charge in [-0.1, -0.05) is 61.9 Å². The number of aromatic nitrogens is 1. The molecule has 0 radical (unpaired) electrons. The predicted octanol–water partition coefficient (Wildman–Crippen LogP) is 4.94. The van der Waals surface area contributed by atoms with Crippen molar-refractivity contribution in [3.8, 4) is 11.3 Å². The smallest absolute Gasteiger partial charge is 0.331 e. The Morgan fingerprint density at radius 2 is 1.77 bits per heavy atom. The number of fused-ring (bicyclic) bond motifs is 1. The Hall–Kier alpha value is -2.81. The van der Waals surface area contributed by atoms with E-state index in [-0.39, 0.29) is 5.97 Å². The van der Waals surface area contributed by atoms with Gasteiger partial charge >= 0.3 is 5.97 Å². The fraction of sp³-hybridized carbons (Fsp3) is 0.261. The molecule has 0 bridgehead atoms. The molecule has 2 aromatic carbocycles. The predicted molar refractivity (Wildman–Crippen MR) is 103 cm³/mol. The highest BCUT2D eigenvalue weighted by molar-refractivity contribution is 5.89. The fourth-order valence-corrected chi connectivity index (χ4v) is 3.72. The van der Waals surface area contributed by atoms with Crippen LogP contribution in [0.3, 0.4) is 0 Å². The molecule has 1 aliphatic rings. The molecular weight excluding hydrogens is 322 g/mol. The summed E-state index contributed by atoms with van der Waals surface area (Å²) >= 11 is 0. The maximum Gasteiger partial charge on any atom is 0.363 e. The highest BCUT2D eigenvalue weighted by Gasteiger charge is 2.26. The molecular formula is C23H23NO2. The van der Waals surface area contributed by atoms with E-state index in [0.717, 1.165) is 36.2 Å². The third kappa shape index (κ3) is 3.17. The highest BCUT2D eigenvalue weighted by atomic mass is 16.7. The SMILES string of the molecule is CCC1CCc2cc(-c3ccccc3)n(OC(=O)c3ccccc3)c2C1. The normalized spacial score (nSPS) is 16.1. The lowest BCUT2D eigenvalue weighted by atomic mass is 9.86. The first-order valence-electron chi connectivity index (χ1n) is 9.33. The Morgan fingerprint density at radius 3 is 2.46 bits per heavy atom. The Balaban J connectivity index is 1.76. The van der Waals surface area contributed by atoms with Gasteiger partial charge in [-0.25, -0.2) is 4.79 Å². The van der Waals surface area contributed by atoms with Crippen LogP contribution in [0.2, 0.25) is 0 Å². The van der Waals surface area contributed by atoms with Gasteiger partial charge in [0.15, 0.2) is 0 Å². The minimum absolute atomic E-state index is 0.320. The van der Waals surface area contributed by atoms with Crippen molar-refractivity contribution in [3.63, 3.8) is 0 Å². The molecule has 1 atom stereocenters. The Labute approximate surface area is 154 Å². The molecule has 0 N–H and O–H groups in total. The molecule has 3 nitrogen and oxygen atoms in total. The number of carbonyl (C=O) groups is 1. The largest absolute Gasteiger partial charge is 0.363 e. The molecule has 0 saturated carbocycles. The summed E-state index contributed by atoms with van der Waals surface area (Å²) in [6.45, 7) is 2.23. The molecule has 0 fully saturated rings. The minimum Gasteiger partial charge on any atom is -0.331 e. The molecule has 0 aliphatic heterocycles. The average Bonchev–Trinajstić information content (AvgIpc) is 3.07. The van der Waals surface area contributed by atoms with Crippen molar-refractivity contribution in [1.82, 2.24) is 4.73 Å². The first-order chi connectivity index (χ1) is 12.8. The van der Waals surface area contributed by atoms with Crippen molar-refractivity contribution < 1.29 is 9.63 Å². The van der Waals surface area contributed by atoms with E-state index >= 15 is 0 Å². The molecule has 1 unspecified atom stereocenters. The van der Waals surface area contributed by atoms with Crippen molar-refractivity contribution in [3.05, 3.63) is 83.6 Å². The number of carbonyl (C=O) groups excluding carboxylic acids is 1. The molecule has 0 saturated heterocycles. The average molecular weight is 345 g/mol. The maximum absolute atomic E-state index is 12.7. The van der Waals surface area contributed by atoms with Crippen molar-refractivity contribution in [2.75, 3.05) is 0 Å². The quantitative estimate of drug-likeness (QED) is 0.671. The zero-order chi connectivity index (χ0) is 17.9. The van der Waals surface area contributed by atoms with E-state index in [0.29, 0.717) is 11.5 Å². The van der Waals surface area contributed by atoms with E-state index in [1.165, 1.54) is 12.0 Å². The lowest BCUT2D eigenvalue weighted by Gasteiger charge is -2.22. The Morgan fingerprint density at radius 1 is 1.08 bits per heavy atom. The number of rotatable bonds is 4. The number of aryl methyl sites for hydroxylation is 1. The molecule has 0 amide bonds. The van der Waals surface area contributed by atoms with Gasteiger partial charge < -0.3 is 4.84 Å². The van der Waals surface area contributed by atoms with E-state index in [2.05, 4.69) is 25.1 Å². The van der Waals surface area contributed by atoms with Crippen LogP contribution in [-0.2, 0) is 12.8 Å². The Kier molecular flexibility index (Phi) is 4.61. The highest BCUT2D eigenvalue weighted by Crippen LogP contribution is 2.33. The van der Waals surface area contributed by atoms with Gasteiger partial charge in [0.2, 0.25) is 0 Å². The molecule has 1 heterocycles. The van der Waals surface area contributed by atoms with Crippen LogP contribution in [0.1, 0.15) is 41.4 Å². The number of benzene rings is 2. The second-order valence-electron chi connectivity index (χ2n) is 6.92. The molecule has 0 spiro atoms. The first-order valence-corrected chi connectivity index (χ1v) is 9.33. The van der Waals surface area contributed by atoms with E-state index in [1.54, 1.807) is 16.9 Å². The van der Waals surface area contributed by atoms with Gasteiger partial charge in [0.25, 0.3) is 0 Å². The summed E-state index contributed by atoms with van der Waals surface area (Å²) < 4.78 is 1.78. The summed E-state index contributed by atoms with van der Waals surface area (Å²) in [6.07, 6.45) is 4.36. The number of nitrogens with zero attached hydrogens (tertiary/aromatic N) is 1. The van der Waals surface area contributed by atoms with Crippen molar-refractivity contribution >= 4 is 5.97 Å². The topological polar surface area (TPSA) is 31.2 Å². The zero-order valence-corrected chi connectivity index (χ0v) is 15.0. The van der Waals surface area contributed by atoms with Gasteiger partial charge in [0.05, 0.1) is 17.0 Å². The fourth-order valence-electron chi connectivity index (χ4n) is 3.72. The van der Waals surface area contributed by atoms with Gasteiger partial charge in [-0.2, -0.15) is 4.73 Å². The summed E-state index contributed by atoms with van der Waals surface area (Å²) in [7, 11) is 0. The summed E-state index contributed by atoms with van der Waals surface area (Å²) in [5, 5.41) is 0. The first kappa shape index (κ1) is 16.6. The van der Waals surface area contributed by atoms with Crippen molar-refractivity contribution in [2.45, 2.75) is 32.6 Å². The monoisotopic (exact) mass is 345 g/mol. The van der Waals surface area contributed by atoms with Crippen LogP contribution in [0.4, 0.5) is 0 Å². The summed E-state index contributed by atoms with van der Waals surface area (Å²) in [6, 6.07) is 21.5. The standard InChI is InChI=1S/C23H23NO2/c1-2-17-13-14-20-16-22(18-9-5-3-6-10-18)24(21(20)15-17)26-23(25)19-11-7-4-8-12-19/h3-12,16-17H,2,13-15H2,1H3. The van der Waals surface area contributed by atoms with Crippen LogP contribution in [-0.4, -0.2) is 10.7 Å². The van der Waals surface area contributed by atoms with Crippen LogP contribution in [0, 0.1) is 5.92 Å². The molecule has 3 heteroatoms. The minimum atomic E-state index is -0.320. The van der Waals surface area contributed by atoms with Crippen LogP contribution in [0.25, 0.3) is 11.3 Å². The molecule has 1 aliphatic carbocycles. The third-order valence-corrected chi connectivity index (χ3v) is 5.28. The second kappa shape index (κ2) is 7.20. The maximum atomic E-state index is 12.7. The zero-order valence-electron chi connectivity index (χ0n) is 15.0. The van der Waals surface area contributed by atoms with Crippen LogP contribution in [0.5, 0.6) is 0 Å². The van der Waals surface area contributed by atoms with E-state index in [9.17, 15) is 4.79 Å². The molecule has 3 aromatic rings. The van der Waals surface area contributed by atoms with Gasteiger partial charge in [-0.05, 0) is 48.9 Å². The summed E-state index contributed by atoms with van der Waals surface area (Å²) in [5.74, 6) is 0.329. The molecule has 4 rings (SSSR count).